The van der Waals surface area contributed by atoms with Crippen LogP contribution in [0, 0.1) is 17.2 Å². The number of methoxy groups -OCH3 is 1. The molecule has 34 heavy (non-hydrogen) atoms. The van der Waals surface area contributed by atoms with E-state index in [0.29, 0.717) is 27.1 Å². The van der Waals surface area contributed by atoms with Gasteiger partial charge in [0.2, 0.25) is 0 Å². The van der Waals surface area contributed by atoms with Gasteiger partial charge in [-0.2, -0.15) is 5.26 Å². The van der Waals surface area contributed by atoms with Gasteiger partial charge in [-0.3, -0.25) is 0 Å². The molecule has 2 saturated heterocycles. The summed E-state index contributed by atoms with van der Waals surface area (Å²) in [7, 11) is 1.37. The smallest absolute Gasteiger partial charge is 0.337 e. The highest BCUT2D eigenvalue weighted by atomic mass is 35.5. The average Bonchev–Trinajstić information content (AvgIpc) is 2.85. The van der Waals surface area contributed by atoms with Gasteiger partial charge in [0.25, 0.3) is 0 Å². The van der Waals surface area contributed by atoms with Crippen LogP contribution in [0.5, 0.6) is 5.75 Å². The number of hydrogen-bond acceptors (Lipinski definition) is 6. The number of carbonyl (C=O) groups is 1. The number of hydrogen-bond donors (Lipinski definition) is 0. The first kappa shape index (κ1) is 24.7. The molecule has 180 valence electrons. The largest absolute Gasteiger partial charge is 0.490 e. The number of nitrogens with zero attached hydrogens (tertiary/aromatic N) is 3. The lowest BCUT2D eigenvalue weighted by molar-refractivity contribution is 0.0600. The molecule has 0 bridgehead atoms. The molecule has 2 aromatic rings. The van der Waals surface area contributed by atoms with Crippen molar-refractivity contribution in [3.8, 4) is 11.8 Å². The van der Waals surface area contributed by atoms with Crippen LogP contribution in [0.1, 0.15) is 41.6 Å². The maximum absolute atomic E-state index is 11.7. The number of ether oxygens (including phenoxy) is 2. The van der Waals surface area contributed by atoms with Crippen LogP contribution >= 0.6 is 23.2 Å². The molecule has 0 radical (unpaired) electrons. The van der Waals surface area contributed by atoms with Gasteiger partial charge in [0.05, 0.1) is 34.0 Å². The molecule has 8 heteroatoms. The second-order valence-corrected chi connectivity index (χ2v) is 9.77. The zero-order chi connectivity index (χ0) is 24.1. The van der Waals surface area contributed by atoms with Crippen LogP contribution in [-0.4, -0.2) is 56.8 Å². The van der Waals surface area contributed by atoms with Crippen LogP contribution < -0.4 is 9.64 Å². The summed E-state index contributed by atoms with van der Waals surface area (Å²) < 4.78 is 10.9. The Bertz CT molecular complexity index is 1060. The Hall–Kier alpha value is -2.46. The Morgan fingerprint density at radius 3 is 2.38 bits per heavy atom. The number of likely N-dealkylation sites (tertiary alicyclic amines) is 1. The monoisotopic (exact) mass is 501 g/mol. The number of piperidine rings is 2. The van der Waals surface area contributed by atoms with Gasteiger partial charge in [0, 0.05) is 38.8 Å². The molecule has 0 amide bonds. The molecule has 0 unspecified atom stereocenters. The molecule has 2 aromatic carbocycles. The van der Waals surface area contributed by atoms with Crippen molar-refractivity contribution in [3.63, 3.8) is 0 Å². The standard InChI is InChI=1S/C26H29Cl2N3O3/c1-33-26(32)19-3-5-25(24(28)14-19)31-12-6-18(7-13-31)17-30-10-8-21(9-11-30)34-22-4-2-20(16-29)23(27)15-22/h2-5,14-15,18,21H,6-13,17H2,1H3. The van der Waals surface area contributed by atoms with Crippen LogP contribution in [0.15, 0.2) is 36.4 Å². The third-order valence-corrected chi connectivity index (χ3v) is 7.35. The van der Waals surface area contributed by atoms with Crippen LogP contribution in [0.4, 0.5) is 5.69 Å². The van der Waals surface area contributed by atoms with E-state index in [-0.39, 0.29) is 12.1 Å². The predicted molar refractivity (Wildman–Crippen MR) is 134 cm³/mol. The third kappa shape index (κ3) is 5.96. The fourth-order valence-electron chi connectivity index (χ4n) is 4.79. The Labute approximate surface area is 210 Å². The minimum atomic E-state index is -0.373. The van der Waals surface area contributed by atoms with Gasteiger partial charge in [-0.25, -0.2) is 4.79 Å². The van der Waals surface area contributed by atoms with Crippen molar-refractivity contribution in [3.05, 3.63) is 57.6 Å². The highest BCUT2D eigenvalue weighted by Crippen LogP contribution is 2.31. The minimum Gasteiger partial charge on any atom is -0.490 e. The van der Waals surface area contributed by atoms with E-state index in [1.165, 1.54) is 7.11 Å². The fourth-order valence-corrected chi connectivity index (χ4v) is 5.30. The van der Waals surface area contributed by atoms with Crippen molar-refractivity contribution in [2.75, 3.05) is 44.7 Å². The first-order chi connectivity index (χ1) is 16.5. The van der Waals surface area contributed by atoms with Gasteiger partial charge in [-0.05, 0) is 61.9 Å². The van der Waals surface area contributed by atoms with Gasteiger partial charge in [0.15, 0.2) is 0 Å². The Morgan fingerprint density at radius 2 is 1.76 bits per heavy atom. The zero-order valence-electron chi connectivity index (χ0n) is 19.3. The van der Waals surface area contributed by atoms with Crippen molar-refractivity contribution in [2.45, 2.75) is 31.8 Å². The van der Waals surface area contributed by atoms with E-state index in [1.54, 1.807) is 24.3 Å². The molecule has 6 nitrogen and oxygen atoms in total. The quantitative estimate of drug-likeness (QED) is 0.492. The summed E-state index contributed by atoms with van der Waals surface area (Å²) in [5.41, 5.74) is 1.92. The highest BCUT2D eigenvalue weighted by molar-refractivity contribution is 6.33. The molecule has 2 fully saturated rings. The van der Waals surface area contributed by atoms with Crippen LogP contribution in [-0.2, 0) is 4.74 Å². The van der Waals surface area contributed by atoms with Crippen LogP contribution in [0.3, 0.4) is 0 Å². The van der Waals surface area contributed by atoms with E-state index in [4.69, 9.17) is 37.9 Å². The number of esters is 1. The fraction of sp³-hybridized carbons (Fsp3) is 0.462. The SMILES string of the molecule is COC(=O)c1ccc(N2CCC(CN3CCC(Oc4ccc(C#N)c(Cl)c4)CC3)CC2)c(Cl)c1. The lowest BCUT2D eigenvalue weighted by atomic mass is 9.94. The molecule has 0 aliphatic carbocycles. The van der Waals surface area contributed by atoms with Gasteiger partial charge >= 0.3 is 5.97 Å². The normalized spacial score (nSPS) is 17.9. The number of nitriles is 1. The lowest BCUT2D eigenvalue weighted by Crippen LogP contribution is -2.43. The first-order valence-corrected chi connectivity index (χ1v) is 12.4. The molecule has 2 heterocycles. The van der Waals surface area contributed by atoms with Gasteiger partial charge < -0.3 is 19.3 Å². The second kappa shape index (κ2) is 11.3. The van der Waals surface area contributed by atoms with E-state index in [2.05, 4.69) is 15.9 Å². The zero-order valence-corrected chi connectivity index (χ0v) is 20.8. The predicted octanol–water partition coefficient (Wildman–Crippen LogP) is 5.41. The van der Waals surface area contributed by atoms with E-state index in [1.807, 2.05) is 12.1 Å². The topological polar surface area (TPSA) is 65.8 Å². The summed E-state index contributed by atoms with van der Waals surface area (Å²) in [5.74, 6) is 1.02. The van der Waals surface area contributed by atoms with Gasteiger partial charge in [-0.1, -0.05) is 23.2 Å². The van der Waals surface area contributed by atoms with Crippen LogP contribution in [0.25, 0.3) is 0 Å². The molecule has 0 N–H and O–H groups in total. The van der Waals surface area contributed by atoms with E-state index in [9.17, 15) is 4.79 Å². The average molecular weight is 502 g/mol. The molecule has 0 spiro atoms. The Balaban J connectivity index is 1.21. The number of halogens is 2. The summed E-state index contributed by atoms with van der Waals surface area (Å²) in [4.78, 5) is 16.6. The number of anilines is 1. The van der Waals surface area contributed by atoms with E-state index >= 15 is 0 Å². The number of rotatable bonds is 6. The van der Waals surface area contributed by atoms with Crippen molar-refractivity contribution >= 4 is 34.9 Å². The molecule has 0 aromatic heterocycles. The summed E-state index contributed by atoms with van der Waals surface area (Å²) in [6, 6.07) is 12.7. The molecular weight excluding hydrogens is 473 g/mol. The molecule has 0 saturated carbocycles. The van der Waals surface area contributed by atoms with Gasteiger partial charge in [-0.15, -0.1) is 0 Å². The lowest BCUT2D eigenvalue weighted by Gasteiger charge is -2.38. The molecular formula is C26H29Cl2N3O3. The van der Waals surface area contributed by atoms with E-state index < -0.39 is 0 Å². The molecule has 2 aliphatic rings. The van der Waals surface area contributed by atoms with Crippen molar-refractivity contribution in [1.29, 1.82) is 5.26 Å². The third-order valence-electron chi connectivity index (χ3n) is 6.74. The second-order valence-electron chi connectivity index (χ2n) is 8.96. The van der Waals surface area contributed by atoms with Gasteiger partial charge in [0.1, 0.15) is 17.9 Å². The van der Waals surface area contributed by atoms with Crippen molar-refractivity contribution in [1.82, 2.24) is 4.90 Å². The summed E-state index contributed by atoms with van der Waals surface area (Å²) in [6.07, 6.45) is 4.39. The Morgan fingerprint density at radius 1 is 1.03 bits per heavy atom. The number of benzene rings is 2. The summed E-state index contributed by atoms with van der Waals surface area (Å²) in [6.45, 7) is 5.08. The Kier molecular flexibility index (Phi) is 8.20. The van der Waals surface area contributed by atoms with Crippen molar-refractivity contribution < 1.29 is 14.3 Å². The molecule has 4 rings (SSSR count). The molecule has 2 aliphatic heterocycles. The van der Waals surface area contributed by atoms with E-state index in [0.717, 1.165) is 69.8 Å². The number of carbonyl (C=O) groups excluding carboxylic acids is 1. The van der Waals surface area contributed by atoms with Crippen molar-refractivity contribution in [2.24, 2.45) is 5.92 Å². The summed E-state index contributed by atoms with van der Waals surface area (Å²) in [5, 5.41) is 10.0. The maximum atomic E-state index is 11.7. The first-order valence-electron chi connectivity index (χ1n) is 11.7. The highest BCUT2D eigenvalue weighted by Gasteiger charge is 2.26. The molecule has 0 atom stereocenters. The summed E-state index contributed by atoms with van der Waals surface area (Å²) >= 11 is 12.6. The maximum Gasteiger partial charge on any atom is 0.337 e. The van der Waals surface area contributed by atoms with Crippen LogP contribution in [0.2, 0.25) is 10.0 Å². The minimum absolute atomic E-state index is 0.178.